The molecule has 0 aromatic heterocycles. The first-order chi connectivity index (χ1) is 12.1. The van der Waals surface area contributed by atoms with E-state index in [-0.39, 0.29) is 5.91 Å². The molecule has 4 rings (SSSR count). The van der Waals surface area contributed by atoms with Crippen LogP contribution in [0.1, 0.15) is 52.2 Å². The van der Waals surface area contributed by atoms with Crippen molar-refractivity contribution < 1.29 is 4.79 Å². The molecule has 0 spiro atoms. The maximum atomic E-state index is 12.4. The van der Waals surface area contributed by atoms with E-state index in [4.69, 9.17) is 0 Å². The molecule has 0 bridgehead atoms. The number of carbonyl (C=O) groups is 1. The number of anilines is 1. The Bertz CT molecular complexity index is 777. The van der Waals surface area contributed by atoms with Gasteiger partial charge in [-0.3, -0.25) is 4.79 Å². The molecule has 2 atom stereocenters. The van der Waals surface area contributed by atoms with Crippen LogP contribution in [0.3, 0.4) is 0 Å². The fraction of sp³-hybridized carbons (Fsp3) is 0.409. The number of hydrogen-bond acceptors (Lipinski definition) is 2. The molecule has 0 saturated heterocycles. The number of carbonyl (C=O) groups excluding carboxylic acids is 1. The second kappa shape index (κ2) is 6.64. The zero-order valence-electron chi connectivity index (χ0n) is 15.0. The van der Waals surface area contributed by atoms with E-state index in [9.17, 15) is 4.79 Å². The summed E-state index contributed by atoms with van der Waals surface area (Å²) in [4.78, 5) is 12.4. The smallest absolute Gasteiger partial charge is 0.255 e. The van der Waals surface area contributed by atoms with Crippen LogP contribution in [0.15, 0.2) is 42.5 Å². The van der Waals surface area contributed by atoms with Gasteiger partial charge in [-0.2, -0.15) is 0 Å². The topological polar surface area (TPSA) is 41.1 Å². The van der Waals surface area contributed by atoms with Gasteiger partial charge in [0, 0.05) is 23.2 Å². The molecule has 2 N–H and O–H groups in total. The predicted molar refractivity (Wildman–Crippen MR) is 102 cm³/mol. The van der Waals surface area contributed by atoms with Crippen LogP contribution in [-0.4, -0.2) is 18.5 Å². The van der Waals surface area contributed by atoms with Crippen molar-refractivity contribution in [2.45, 2.75) is 45.1 Å². The van der Waals surface area contributed by atoms with E-state index < -0.39 is 0 Å². The molecule has 2 aromatic rings. The van der Waals surface area contributed by atoms with Gasteiger partial charge in [0.1, 0.15) is 0 Å². The average molecular weight is 334 g/mol. The highest BCUT2D eigenvalue weighted by Gasteiger charge is 2.38. The number of rotatable bonds is 6. The summed E-state index contributed by atoms with van der Waals surface area (Å²) in [5.41, 5.74) is 5.28. The molecule has 3 nitrogen and oxygen atoms in total. The van der Waals surface area contributed by atoms with Crippen molar-refractivity contribution in [3.05, 3.63) is 64.7 Å². The minimum atomic E-state index is -0.0498. The van der Waals surface area contributed by atoms with Crippen LogP contribution < -0.4 is 10.6 Å². The Balaban J connectivity index is 1.34. The van der Waals surface area contributed by atoms with Crippen LogP contribution in [0.2, 0.25) is 0 Å². The zero-order chi connectivity index (χ0) is 17.4. The molecule has 2 aromatic carbocycles. The van der Waals surface area contributed by atoms with E-state index in [2.05, 4.69) is 29.7 Å². The largest absolute Gasteiger partial charge is 0.322 e. The fourth-order valence-corrected chi connectivity index (χ4v) is 3.33. The van der Waals surface area contributed by atoms with Gasteiger partial charge >= 0.3 is 0 Å². The maximum Gasteiger partial charge on any atom is 0.255 e. The molecule has 25 heavy (non-hydrogen) atoms. The van der Waals surface area contributed by atoms with Gasteiger partial charge in [-0.15, -0.1) is 0 Å². The average Bonchev–Trinajstić information content (AvgIpc) is 3.51. The van der Waals surface area contributed by atoms with Crippen LogP contribution in [-0.2, 0) is 0 Å². The second-order valence-electron chi connectivity index (χ2n) is 7.68. The van der Waals surface area contributed by atoms with E-state index in [1.807, 2.05) is 37.3 Å². The lowest BCUT2D eigenvalue weighted by atomic mass is 10.1. The summed E-state index contributed by atoms with van der Waals surface area (Å²) in [5.74, 6) is 1.53. The zero-order valence-corrected chi connectivity index (χ0v) is 15.0. The van der Waals surface area contributed by atoms with Crippen LogP contribution in [0.5, 0.6) is 0 Å². The molecule has 0 heterocycles. The molecule has 2 aliphatic rings. The lowest BCUT2D eigenvalue weighted by Crippen LogP contribution is -2.20. The first-order valence-corrected chi connectivity index (χ1v) is 9.32. The Morgan fingerprint density at radius 2 is 1.80 bits per heavy atom. The molecular weight excluding hydrogens is 308 g/mol. The molecular formula is C22H26N2O. The quantitative estimate of drug-likeness (QED) is 0.821. The lowest BCUT2D eigenvalue weighted by molar-refractivity contribution is 0.102. The van der Waals surface area contributed by atoms with E-state index >= 15 is 0 Å². The Hall–Kier alpha value is -2.13. The summed E-state index contributed by atoms with van der Waals surface area (Å²) in [5, 5.41) is 6.67. The van der Waals surface area contributed by atoms with Crippen molar-refractivity contribution in [1.29, 1.82) is 0 Å². The van der Waals surface area contributed by atoms with Crippen molar-refractivity contribution in [3.8, 4) is 0 Å². The van der Waals surface area contributed by atoms with Gasteiger partial charge in [-0.25, -0.2) is 0 Å². The Labute approximate surface area is 149 Å². The standard InChI is InChI=1S/C22H26N2O/c1-14-3-6-18(11-15(14)2)22(25)24-19-9-7-17(8-10-19)20-12-21(20)23-13-16-4-5-16/h3,6-11,16,20-21,23H,4-5,12-13H2,1-2H3,(H,24,25). The molecule has 130 valence electrons. The summed E-state index contributed by atoms with van der Waals surface area (Å²) in [6.07, 6.45) is 4.04. The second-order valence-corrected chi connectivity index (χ2v) is 7.68. The van der Waals surface area contributed by atoms with E-state index in [0.717, 1.165) is 17.2 Å². The maximum absolute atomic E-state index is 12.4. The van der Waals surface area contributed by atoms with Crippen molar-refractivity contribution in [2.24, 2.45) is 5.92 Å². The van der Waals surface area contributed by atoms with Crippen molar-refractivity contribution >= 4 is 11.6 Å². The first-order valence-electron chi connectivity index (χ1n) is 9.32. The third-order valence-corrected chi connectivity index (χ3v) is 5.52. The minimum Gasteiger partial charge on any atom is -0.322 e. The van der Waals surface area contributed by atoms with E-state index in [1.54, 1.807) is 0 Å². The normalized spacial score (nSPS) is 21.8. The molecule has 3 heteroatoms. The summed E-state index contributed by atoms with van der Waals surface area (Å²) in [7, 11) is 0. The summed E-state index contributed by atoms with van der Waals surface area (Å²) in [6, 6.07) is 14.8. The van der Waals surface area contributed by atoms with Gasteiger partial charge in [0.25, 0.3) is 5.91 Å². The fourth-order valence-electron chi connectivity index (χ4n) is 3.33. The van der Waals surface area contributed by atoms with Gasteiger partial charge in [0.15, 0.2) is 0 Å². The number of amides is 1. The van der Waals surface area contributed by atoms with Crippen molar-refractivity contribution in [2.75, 3.05) is 11.9 Å². The Morgan fingerprint density at radius 3 is 2.48 bits per heavy atom. The van der Waals surface area contributed by atoms with Crippen LogP contribution in [0.25, 0.3) is 0 Å². The summed E-state index contributed by atoms with van der Waals surface area (Å²) in [6.45, 7) is 5.27. The SMILES string of the molecule is Cc1ccc(C(=O)Nc2ccc(C3CC3NCC3CC3)cc2)cc1C. The molecule has 0 radical (unpaired) electrons. The predicted octanol–water partition coefficient (Wildman–Crippen LogP) is 4.41. The highest BCUT2D eigenvalue weighted by Crippen LogP contribution is 2.41. The van der Waals surface area contributed by atoms with Gasteiger partial charge in [0.2, 0.25) is 0 Å². The highest BCUT2D eigenvalue weighted by molar-refractivity contribution is 6.04. The third kappa shape index (κ3) is 3.93. The van der Waals surface area contributed by atoms with Crippen LogP contribution in [0, 0.1) is 19.8 Å². The van der Waals surface area contributed by atoms with Gasteiger partial charge in [0.05, 0.1) is 0 Å². The minimum absolute atomic E-state index is 0.0498. The lowest BCUT2D eigenvalue weighted by Gasteiger charge is -2.08. The number of hydrogen-bond donors (Lipinski definition) is 2. The monoisotopic (exact) mass is 334 g/mol. The van der Waals surface area contributed by atoms with Crippen molar-refractivity contribution in [3.63, 3.8) is 0 Å². The van der Waals surface area contributed by atoms with E-state index in [1.165, 1.54) is 36.9 Å². The van der Waals surface area contributed by atoms with Crippen LogP contribution >= 0.6 is 0 Å². The number of aryl methyl sites for hydroxylation is 2. The van der Waals surface area contributed by atoms with Gasteiger partial charge < -0.3 is 10.6 Å². The third-order valence-electron chi connectivity index (χ3n) is 5.52. The molecule has 2 fully saturated rings. The summed E-state index contributed by atoms with van der Waals surface area (Å²) >= 11 is 0. The summed E-state index contributed by atoms with van der Waals surface area (Å²) < 4.78 is 0. The molecule has 2 saturated carbocycles. The number of nitrogens with one attached hydrogen (secondary N) is 2. The molecule has 2 aliphatic carbocycles. The van der Waals surface area contributed by atoms with Crippen LogP contribution in [0.4, 0.5) is 5.69 Å². The Kier molecular flexibility index (Phi) is 4.34. The Morgan fingerprint density at radius 1 is 1.04 bits per heavy atom. The molecule has 1 amide bonds. The van der Waals surface area contributed by atoms with Gasteiger partial charge in [-0.1, -0.05) is 18.2 Å². The highest BCUT2D eigenvalue weighted by atomic mass is 16.1. The van der Waals surface area contributed by atoms with Crippen molar-refractivity contribution in [1.82, 2.24) is 5.32 Å². The number of benzene rings is 2. The van der Waals surface area contributed by atoms with E-state index in [0.29, 0.717) is 17.5 Å². The molecule has 2 unspecified atom stereocenters. The van der Waals surface area contributed by atoms with Gasteiger partial charge in [-0.05, 0) is 86.5 Å². The first kappa shape index (κ1) is 16.3. The molecule has 0 aliphatic heterocycles.